The van der Waals surface area contributed by atoms with E-state index in [0.717, 1.165) is 32.1 Å². The van der Waals surface area contributed by atoms with Gasteiger partial charge in [0.2, 0.25) is 5.91 Å². The van der Waals surface area contributed by atoms with Gasteiger partial charge in [-0.2, -0.15) is 0 Å². The summed E-state index contributed by atoms with van der Waals surface area (Å²) in [5.74, 6) is -1.84. The molecule has 1 fully saturated rings. The number of allylic oxidation sites excluding steroid dienone is 1. The van der Waals surface area contributed by atoms with Crippen molar-refractivity contribution in [2.45, 2.75) is 104 Å². The van der Waals surface area contributed by atoms with Gasteiger partial charge in [-0.25, -0.2) is 0 Å². The molecule has 0 aromatic carbocycles. The van der Waals surface area contributed by atoms with Crippen LogP contribution in [0.25, 0.3) is 0 Å². The second-order valence-electron chi connectivity index (χ2n) is 11.0. The molecule has 10 heteroatoms. The Bertz CT molecular complexity index is 745. The molecule has 2 amide bonds. The summed E-state index contributed by atoms with van der Waals surface area (Å²) in [4.78, 5) is 38.0. The maximum Gasteiger partial charge on any atom is 0.308 e. The summed E-state index contributed by atoms with van der Waals surface area (Å²) in [6.07, 6.45) is 2.07. The van der Waals surface area contributed by atoms with E-state index in [2.05, 4.69) is 10.6 Å². The number of aliphatic hydroxyl groups excluding tert-OH is 3. The molecule has 0 heterocycles. The molecule has 1 aliphatic rings. The highest BCUT2D eigenvalue weighted by Gasteiger charge is 2.37. The topological polar surface area (TPSA) is 154 Å². The number of aliphatic hydroxyl groups is 3. The second-order valence-corrected chi connectivity index (χ2v) is 11.0. The minimum Gasteiger partial charge on any atom is -0.464 e. The van der Waals surface area contributed by atoms with Crippen molar-refractivity contribution in [3.8, 4) is 0 Å². The fraction of sp³-hybridized carbons (Fsp3) is 0.815. The van der Waals surface area contributed by atoms with Gasteiger partial charge in [0.25, 0.3) is 5.91 Å². The molecule has 37 heavy (non-hydrogen) atoms. The number of carbonyl (C=O) groups excluding carboxylic acids is 3. The first-order valence-electron chi connectivity index (χ1n) is 13.3. The van der Waals surface area contributed by atoms with Crippen molar-refractivity contribution in [1.29, 1.82) is 0 Å². The number of hydrogen-bond acceptors (Lipinski definition) is 8. The number of methoxy groups -OCH3 is 1. The largest absolute Gasteiger partial charge is 0.464 e. The maximum absolute atomic E-state index is 12.9. The summed E-state index contributed by atoms with van der Waals surface area (Å²) in [5, 5.41) is 36.4. The Morgan fingerprint density at radius 3 is 2.19 bits per heavy atom. The van der Waals surface area contributed by atoms with Crippen LogP contribution in [0.3, 0.4) is 0 Å². The molecule has 5 N–H and O–H groups in total. The number of nitrogens with one attached hydrogen (secondary N) is 2. The van der Waals surface area contributed by atoms with Gasteiger partial charge >= 0.3 is 5.97 Å². The van der Waals surface area contributed by atoms with Crippen molar-refractivity contribution in [1.82, 2.24) is 10.6 Å². The molecule has 0 aromatic rings. The average Bonchev–Trinajstić information content (AvgIpc) is 2.87. The van der Waals surface area contributed by atoms with Crippen LogP contribution in [0.5, 0.6) is 0 Å². The summed E-state index contributed by atoms with van der Waals surface area (Å²) in [7, 11) is 1.19. The van der Waals surface area contributed by atoms with E-state index in [4.69, 9.17) is 9.47 Å². The first-order chi connectivity index (χ1) is 17.3. The highest BCUT2D eigenvalue weighted by atomic mass is 16.5. The third-order valence-corrected chi connectivity index (χ3v) is 6.69. The van der Waals surface area contributed by atoms with Crippen LogP contribution in [-0.2, 0) is 23.9 Å². The number of carbonyl (C=O) groups is 3. The van der Waals surface area contributed by atoms with Crippen molar-refractivity contribution in [3.05, 3.63) is 12.2 Å². The lowest BCUT2D eigenvalue weighted by Crippen LogP contribution is -2.57. The first-order valence-corrected chi connectivity index (χ1v) is 13.3. The Hall–Kier alpha value is -2.01. The van der Waals surface area contributed by atoms with Crippen LogP contribution in [0.2, 0.25) is 0 Å². The van der Waals surface area contributed by atoms with Crippen molar-refractivity contribution in [3.63, 3.8) is 0 Å². The van der Waals surface area contributed by atoms with Crippen molar-refractivity contribution >= 4 is 17.8 Å². The Balaban J connectivity index is 2.71. The van der Waals surface area contributed by atoms with Gasteiger partial charge in [-0.3, -0.25) is 14.4 Å². The van der Waals surface area contributed by atoms with E-state index < -0.39 is 42.3 Å². The fourth-order valence-corrected chi connectivity index (χ4v) is 4.11. The van der Waals surface area contributed by atoms with E-state index in [1.165, 1.54) is 13.2 Å². The van der Waals surface area contributed by atoms with Gasteiger partial charge in [0.15, 0.2) is 6.10 Å². The number of esters is 1. The molecule has 6 atom stereocenters. The Labute approximate surface area is 221 Å². The predicted molar refractivity (Wildman–Crippen MR) is 139 cm³/mol. The molecule has 0 aromatic heterocycles. The average molecular weight is 529 g/mol. The highest BCUT2D eigenvalue weighted by Crippen LogP contribution is 2.24. The Kier molecular flexibility index (Phi) is 14.3. The molecule has 1 rings (SSSR count). The van der Waals surface area contributed by atoms with Gasteiger partial charge in [0, 0.05) is 7.11 Å². The Morgan fingerprint density at radius 1 is 1.03 bits per heavy atom. The summed E-state index contributed by atoms with van der Waals surface area (Å²) < 4.78 is 10.4. The molecule has 0 radical (unpaired) electrons. The quantitative estimate of drug-likeness (QED) is 0.129. The number of ether oxygens (including phenoxy) is 2. The van der Waals surface area contributed by atoms with Crippen molar-refractivity contribution < 1.29 is 39.2 Å². The van der Waals surface area contributed by atoms with Gasteiger partial charge in [0.05, 0.1) is 12.5 Å². The van der Waals surface area contributed by atoms with Gasteiger partial charge in [-0.05, 0) is 24.2 Å². The SMILES string of the molecule is CCC(C)[C@H](NC(=O)[C@H](OC)[C@H](O)[C@@H](O)[C@H](O)/C=C/C(C)(C)C)C(=O)NCCOC(=O)C1CCCCC1. The van der Waals surface area contributed by atoms with Gasteiger partial charge in [-0.1, -0.05) is 72.5 Å². The molecule has 214 valence electrons. The van der Waals surface area contributed by atoms with Crippen molar-refractivity contribution in [2.24, 2.45) is 17.3 Å². The fourth-order valence-electron chi connectivity index (χ4n) is 4.11. The third-order valence-electron chi connectivity index (χ3n) is 6.69. The van der Waals surface area contributed by atoms with E-state index in [0.29, 0.717) is 6.42 Å². The zero-order valence-corrected chi connectivity index (χ0v) is 23.2. The lowest BCUT2D eigenvalue weighted by molar-refractivity contribution is -0.151. The van der Waals surface area contributed by atoms with Crippen LogP contribution in [0.1, 0.15) is 73.1 Å². The minimum absolute atomic E-state index is 0.0355. The number of rotatable bonds is 14. The van der Waals surface area contributed by atoms with Gasteiger partial charge in [0.1, 0.15) is 31.0 Å². The van der Waals surface area contributed by atoms with E-state index in [-0.39, 0.29) is 36.4 Å². The Morgan fingerprint density at radius 2 is 1.65 bits per heavy atom. The van der Waals surface area contributed by atoms with Crippen LogP contribution >= 0.6 is 0 Å². The van der Waals surface area contributed by atoms with Crippen LogP contribution in [-0.4, -0.2) is 83.8 Å². The summed E-state index contributed by atoms with van der Waals surface area (Å²) >= 11 is 0. The predicted octanol–water partition coefficient (Wildman–Crippen LogP) is 1.46. The third kappa shape index (κ3) is 11.5. The van der Waals surface area contributed by atoms with Gasteiger partial charge in [-0.15, -0.1) is 0 Å². The molecule has 0 bridgehead atoms. The van der Waals surface area contributed by atoms with E-state index in [1.807, 2.05) is 27.7 Å². The molecule has 0 aliphatic heterocycles. The van der Waals surface area contributed by atoms with E-state index in [1.54, 1.807) is 13.0 Å². The molecule has 0 spiro atoms. The van der Waals surface area contributed by atoms with Crippen LogP contribution in [0.15, 0.2) is 12.2 Å². The van der Waals surface area contributed by atoms with Gasteiger partial charge < -0.3 is 35.4 Å². The lowest BCUT2D eigenvalue weighted by atomic mass is 9.89. The molecule has 1 aliphatic carbocycles. The summed E-state index contributed by atoms with van der Waals surface area (Å²) in [6, 6.07) is -0.945. The monoisotopic (exact) mass is 528 g/mol. The van der Waals surface area contributed by atoms with E-state index >= 15 is 0 Å². The normalized spacial score (nSPS) is 19.9. The molecule has 1 saturated carbocycles. The highest BCUT2D eigenvalue weighted by molar-refractivity contribution is 5.90. The van der Waals surface area contributed by atoms with Crippen LogP contribution in [0, 0.1) is 17.3 Å². The number of hydrogen-bond donors (Lipinski definition) is 5. The minimum atomic E-state index is -1.75. The molecule has 1 unspecified atom stereocenters. The van der Waals surface area contributed by atoms with Crippen LogP contribution in [0.4, 0.5) is 0 Å². The lowest BCUT2D eigenvalue weighted by Gasteiger charge is -2.30. The molecular formula is C27H48N2O8. The summed E-state index contributed by atoms with van der Waals surface area (Å²) in [6.45, 7) is 9.52. The second kappa shape index (κ2) is 16.1. The smallest absolute Gasteiger partial charge is 0.308 e. The van der Waals surface area contributed by atoms with Crippen LogP contribution < -0.4 is 10.6 Å². The molecule has 10 nitrogen and oxygen atoms in total. The maximum atomic E-state index is 12.9. The summed E-state index contributed by atoms with van der Waals surface area (Å²) in [5.41, 5.74) is -0.255. The first kappa shape index (κ1) is 33.0. The van der Waals surface area contributed by atoms with E-state index in [9.17, 15) is 29.7 Å². The zero-order chi connectivity index (χ0) is 28.2. The number of amides is 2. The standard InChI is InChI=1S/C27H48N2O8/c1-7-17(2)20(24(33)28-15-16-37-26(35)18-11-9-8-10-12-18)29-25(34)23(36-6)22(32)21(31)19(30)13-14-27(3,4)5/h13-14,17-23,30-32H,7-12,15-16H2,1-6H3,(H,28,33)(H,29,34)/b14-13+/t17?,19-,20+,21+,22-,23-/m1/s1. The molecule has 0 saturated heterocycles. The van der Waals surface area contributed by atoms with Crippen molar-refractivity contribution in [2.75, 3.05) is 20.3 Å². The molecular weight excluding hydrogens is 480 g/mol. The zero-order valence-electron chi connectivity index (χ0n) is 23.2.